The van der Waals surface area contributed by atoms with Crippen LogP contribution >= 0.6 is 0 Å². The fourth-order valence-corrected chi connectivity index (χ4v) is 1.40. The van der Waals surface area contributed by atoms with Crippen LogP contribution in [0.15, 0.2) is 60.7 Å². The number of alkyl halides is 2. The highest BCUT2D eigenvalue weighted by molar-refractivity contribution is 7.51. The van der Waals surface area contributed by atoms with Gasteiger partial charge in [0, 0.05) is 11.1 Å². The summed E-state index contributed by atoms with van der Waals surface area (Å²) in [4.78, 5) is 21.3. The smallest absolute Gasteiger partial charge is 0.291 e. The van der Waals surface area contributed by atoms with Crippen molar-refractivity contribution < 1.29 is 26.8 Å². The molecule has 0 saturated heterocycles. The Kier molecular flexibility index (Phi) is 11.7. The molecule has 0 heterocycles. The number of hydrogen-bond acceptors (Lipinski definition) is 4. The van der Waals surface area contributed by atoms with E-state index in [0.29, 0.717) is 11.1 Å². The van der Waals surface area contributed by atoms with Crippen molar-refractivity contribution in [1.29, 1.82) is 0 Å². The maximum Gasteiger partial charge on any atom is 0.335 e. The third-order valence-corrected chi connectivity index (χ3v) is 2.43. The Hall–Kier alpha value is -2.54. The van der Waals surface area contributed by atoms with Crippen molar-refractivity contribution in [3.63, 3.8) is 0 Å². The van der Waals surface area contributed by atoms with Crippen LogP contribution in [0.3, 0.4) is 0 Å². The lowest BCUT2D eigenvalue weighted by Crippen LogP contribution is -1.99. The van der Waals surface area contributed by atoms with Crippen molar-refractivity contribution in [3.05, 3.63) is 71.8 Å². The van der Waals surface area contributed by atoms with Gasteiger partial charge in [0.25, 0.3) is 0 Å². The van der Waals surface area contributed by atoms with Crippen LogP contribution < -0.4 is 0 Å². The molecule has 0 aromatic heterocycles. The quantitative estimate of drug-likeness (QED) is 0.803. The van der Waals surface area contributed by atoms with Gasteiger partial charge < -0.3 is 0 Å². The van der Waals surface area contributed by atoms with E-state index < -0.39 is 36.5 Å². The zero-order chi connectivity index (χ0) is 17.5. The van der Waals surface area contributed by atoms with Gasteiger partial charge in [0.1, 0.15) is 0 Å². The Morgan fingerprint density at radius 2 is 0.957 bits per heavy atom. The van der Waals surface area contributed by atoms with E-state index >= 15 is 0 Å². The van der Waals surface area contributed by atoms with E-state index in [4.69, 9.17) is 8.42 Å². The molecule has 0 saturated carbocycles. The summed E-state index contributed by atoms with van der Waals surface area (Å²) in [5.74, 6) is -0.916. The summed E-state index contributed by atoms with van der Waals surface area (Å²) >= 11 is -0.750. The predicted molar refractivity (Wildman–Crippen MR) is 82.4 cm³/mol. The molecule has 23 heavy (non-hydrogen) atoms. The third-order valence-electron chi connectivity index (χ3n) is 2.43. The van der Waals surface area contributed by atoms with E-state index in [2.05, 4.69) is 0 Å². The minimum Gasteiger partial charge on any atom is -0.291 e. The summed E-state index contributed by atoms with van der Waals surface area (Å²) in [7, 11) is 0. The molecule has 0 amide bonds. The molecule has 0 N–H and O–H groups in total. The molecule has 0 atom stereocenters. The Bertz CT molecular complexity index is 576. The largest absolute Gasteiger partial charge is 0.335 e. The summed E-state index contributed by atoms with van der Waals surface area (Å²) in [5.41, 5.74) is 0.870. The summed E-state index contributed by atoms with van der Waals surface area (Å²) < 4.78 is 40.0. The number of carbonyl (C=O) groups is 2. The molecule has 122 valence electrons. The molecule has 2 aromatic carbocycles. The fraction of sp³-hybridized carbons (Fsp3) is 0.125. The van der Waals surface area contributed by atoms with E-state index in [1.165, 1.54) is 0 Å². The molecule has 4 nitrogen and oxygen atoms in total. The van der Waals surface area contributed by atoms with Crippen LogP contribution in [0.4, 0.5) is 8.78 Å². The molecule has 0 aliphatic rings. The van der Waals surface area contributed by atoms with E-state index in [-0.39, 0.29) is 0 Å². The van der Waals surface area contributed by atoms with Gasteiger partial charge >= 0.3 is 11.6 Å². The Morgan fingerprint density at radius 1 is 0.696 bits per heavy atom. The second-order valence-corrected chi connectivity index (χ2v) is 4.05. The average molecular weight is 340 g/mol. The first-order valence-corrected chi connectivity index (χ1v) is 6.97. The second kappa shape index (κ2) is 13.1. The van der Waals surface area contributed by atoms with Gasteiger partial charge in [-0.15, -0.1) is 0 Å². The zero-order valence-corrected chi connectivity index (χ0v) is 12.8. The zero-order valence-electron chi connectivity index (χ0n) is 12.0. The molecule has 0 radical (unpaired) electrons. The molecule has 0 unspecified atom stereocenters. The maximum atomic E-state index is 11.7. The number of halogens is 2. The third kappa shape index (κ3) is 9.15. The average Bonchev–Trinajstić information content (AvgIpc) is 2.63. The minimum atomic E-state index is -0.913. The molecule has 0 aliphatic heterocycles. The Balaban J connectivity index is 0.000000360. The highest BCUT2D eigenvalue weighted by atomic mass is 32.1. The number of benzene rings is 2. The molecule has 0 aliphatic carbocycles. The van der Waals surface area contributed by atoms with Gasteiger partial charge in [-0.1, -0.05) is 60.7 Å². The van der Waals surface area contributed by atoms with Crippen molar-refractivity contribution in [1.82, 2.24) is 0 Å². The molecule has 2 rings (SSSR count). The highest BCUT2D eigenvalue weighted by Gasteiger charge is 2.01. The first kappa shape index (κ1) is 20.5. The lowest BCUT2D eigenvalue weighted by Gasteiger charge is -1.91. The normalized spacial score (nSPS) is 8.61. The number of rotatable bonds is 4. The Morgan fingerprint density at radius 3 is 1.17 bits per heavy atom. The van der Waals surface area contributed by atoms with Crippen molar-refractivity contribution in [2.24, 2.45) is 0 Å². The number of carbonyl (C=O) groups excluding carboxylic acids is 2. The SMILES string of the molecule is O=C(CF)c1ccccc1.O=C(CF)c1ccccc1.O=S=O. The number of ketones is 2. The van der Waals surface area contributed by atoms with Crippen LogP contribution in [0, 0.1) is 0 Å². The standard InChI is InChI=1S/2C8H7FO.O2S/c2*9-6-8(10)7-4-2-1-3-5-7;1-3-2/h2*1-5H,6H2;. The molecular formula is C16H14F2O4S. The minimum absolute atomic E-state index is 0.435. The van der Waals surface area contributed by atoms with Crippen molar-refractivity contribution in [3.8, 4) is 0 Å². The van der Waals surface area contributed by atoms with Crippen molar-refractivity contribution in [2.45, 2.75) is 0 Å². The van der Waals surface area contributed by atoms with Crippen LogP contribution in [0.1, 0.15) is 20.7 Å². The highest BCUT2D eigenvalue weighted by Crippen LogP contribution is 2.00. The molecule has 0 spiro atoms. The number of hydrogen-bond donors (Lipinski definition) is 0. The van der Waals surface area contributed by atoms with E-state index in [9.17, 15) is 18.4 Å². The lowest BCUT2D eigenvalue weighted by molar-refractivity contribution is 0.0952. The van der Waals surface area contributed by atoms with Gasteiger partial charge in [0.05, 0.1) is 0 Å². The number of Topliss-reactive ketones (excluding diaryl/α,β-unsaturated/α-hetero) is 2. The van der Waals surface area contributed by atoms with Crippen LogP contribution in [0.5, 0.6) is 0 Å². The summed E-state index contributed by atoms with van der Waals surface area (Å²) in [5, 5.41) is 0. The van der Waals surface area contributed by atoms with Gasteiger partial charge in [0.2, 0.25) is 0 Å². The monoisotopic (exact) mass is 340 g/mol. The van der Waals surface area contributed by atoms with E-state index in [1.54, 1.807) is 60.7 Å². The first-order valence-electron chi connectivity index (χ1n) is 6.30. The van der Waals surface area contributed by atoms with Crippen LogP contribution in [0.25, 0.3) is 0 Å². The molecule has 2 aromatic rings. The second-order valence-electron chi connectivity index (χ2n) is 3.91. The summed E-state index contributed by atoms with van der Waals surface area (Å²) in [6.45, 7) is -1.83. The summed E-state index contributed by atoms with van der Waals surface area (Å²) in [6.07, 6.45) is 0. The molecular weight excluding hydrogens is 326 g/mol. The topological polar surface area (TPSA) is 68.3 Å². The predicted octanol–water partition coefficient (Wildman–Crippen LogP) is 3.01. The van der Waals surface area contributed by atoms with Crippen molar-refractivity contribution in [2.75, 3.05) is 13.3 Å². The van der Waals surface area contributed by atoms with Gasteiger partial charge in [-0.2, -0.15) is 8.42 Å². The molecule has 0 bridgehead atoms. The van der Waals surface area contributed by atoms with Gasteiger partial charge in [0.15, 0.2) is 24.9 Å². The van der Waals surface area contributed by atoms with E-state index in [1.807, 2.05) is 0 Å². The fourth-order valence-electron chi connectivity index (χ4n) is 1.40. The maximum absolute atomic E-state index is 11.7. The van der Waals surface area contributed by atoms with E-state index in [0.717, 1.165) is 0 Å². The van der Waals surface area contributed by atoms with Crippen LogP contribution in [0.2, 0.25) is 0 Å². The summed E-state index contributed by atoms with van der Waals surface area (Å²) in [6, 6.07) is 16.8. The lowest BCUT2D eigenvalue weighted by atomic mass is 10.1. The Labute approximate surface area is 135 Å². The molecule has 7 heteroatoms. The van der Waals surface area contributed by atoms with Gasteiger partial charge in [-0.05, 0) is 0 Å². The first-order chi connectivity index (χ1) is 11.1. The van der Waals surface area contributed by atoms with Gasteiger partial charge in [-0.3, -0.25) is 9.59 Å². The van der Waals surface area contributed by atoms with Gasteiger partial charge in [-0.25, -0.2) is 8.78 Å². The van der Waals surface area contributed by atoms with Crippen LogP contribution in [-0.2, 0) is 11.6 Å². The molecule has 0 fully saturated rings. The van der Waals surface area contributed by atoms with Crippen LogP contribution in [-0.4, -0.2) is 33.3 Å². The van der Waals surface area contributed by atoms with Crippen molar-refractivity contribution >= 4 is 23.1 Å².